The maximum absolute atomic E-state index is 12.5. The summed E-state index contributed by atoms with van der Waals surface area (Å²) < 4.78 is 0. The van der Waals surface area contributed by atoms with Crippen molar-refractivity contribution in [3.05, 3.63) is 0 Å². The minimum atomic E-state index is -1.16. The van der Waals surface area contributed by atoms with Crippen molar-refractivity contribution in [2.24, 2.45) is 23.0 Å². The third kappa shape index (κ3) is 2.37. The molecule has 2 atom stereocenters. The van der Waals surface area contributed by atoms with E-state index >= 15 is 0 Å². The van der Waals surface area contributed by atoms with Crippen molar-refractivity contribution < 1.29 is 24.6 Å². The summed E-state index contributed by atoms with van der Waals surface area (Å²) in [5.41, 5.74) is 5.15. The first-order valence-corrected chi connectivity index (χ1v) is 6.86. The number of amides is 1. The Labute approximate surface area is 116 Å². The van der Waals surface area contributed by atoms with Crippen LogP contribution in [0.25, 0.3) is 0 Å². The van der Waals surface area contributed by atoms with Crippen molar-refractivity contribution in [1.82, 2.24) is 4.90 Å². The van der Waals surface area contributed by atoms with Crippen molar-refractivity contribution in [1.29, 1.82) is 0 Å². The van der Waals surface area contributed by atoms with Crippen LogP contribution in [0.2, 0.25) is 0 Å². The number of carboxylic acids is 2. The number of hydrogen-bond acceptors (Lipinski definition) is 4. The fourth-order valence-electron chi connectivity index (χ4n) is 3.13. The monoisotopic (exact) mass is 284 g/mol. The minimum Gasteiger partial charge on any atom is -0.481 e. The predicted molar refractivity (Wildman–Crippen MR) is 68.8 cm³/mol. The van der Waals surface area contributed by atoms with E-state index in [9.17, 15) is 14.4 Å². The van der Waals surface area contributed by atoms with Gasteiger partial charge in [0.2, 0.25) is 5.91 Å². The lowest BCUT2D eigenvalue weighted by Crippen LogP contribution is -2.56. The van der Waals surface area contributed by atoms with Gasteiger partial charge in [0.05, 0.1) is 17.3 Å². The molecule has 20 heavy (non-hydrogen) atoms. The first-order valence-electron chi connectivity index (χ1n) is 6.86. The van der Waals surface area contributed by atoms with E-state index in [1.807, 2.05) is 0 Å². The molecular weight excluding hydrogens is 264 g/mol. The number of aliphatic carboxylic acids is 2. The topological polar surface area (TPSA) is 121 Å². The van der Waals surface area contributed by atoms with Crippen LogP contribution in [-0.4, -0.2) is 52.6 Å². The molecule has 1 saturated carbocycles. The maximum atomic E-state index is 12.5. The lowest BCUT2D eigenvalue weighted by molar-refractivity contribution is -0.162. The molecule has 0 aromatic carbocycles. The van der Waals surface area contributed by atoms with E-state index < -0.39 is 29.2 Å². The van der Waals surface area contributed by atoms with Crippen LogP contribution in [0.15, 0.2) is 0 Å². The van der Waals surface area contributed by atoms with Gasteiger partial charge in [-0.3, -0.25) is 14.4 Å². The summed E-state index contributed by atoms with van der Waals surface area (Å²) in [6.45, 7) is 0.524. The van der Waals surface area contributed by atoms with E-state index in [2.05, 4.69) is 0 Å². The summed E-state index contributed by atoms with van der Waals surface area (Å²) in [7, 11) is 0. The number of nitrogens with zero attached hydrogens (tertiary/aromatic N) is 1. The highest BCUT2D eigenvalue weighted by Gasteiger charge is 2.48. The Morgan fingerprint density at radius 3 is 2.15 bits per heavy atom. The zero-order valence-corrected chi connectivity index (χ0v) is 11.2. The Bertz CT molecular complexity index is 427. The molecule has 2 rings (SSSR count). The van der Waals surface area contributed by atoms with E-state index in [0.29, 0.717) is 6.54 Å². The molecule has 1 aliphatic heterocycles. The quantitative estimate of drug-likeness (QED) is 0.654. The molecule has 1 saturated heterocycles. The van der Waals surface area contributed by atoms with Crippen LogP contribution in [0.1, 0.15) is 25.7 Å². The second-order valence-corrected chi connectivity index (χ2v) is 5.77. The molecule has 7 nitrogen and oxygen atoms in total. The average Bonchev–Trinajstić information content (AvgIpc) is 2.37. The predicted octanol–water partition coefficient (Wildman–Crippen LogP) is -0.251. The molecule has 0 radical (unpaired) electrons. The number of carbonyl (C=O) groups is 3. The Kier molecular flexibility index (Phi) is 3.99. The number of carbonyl (C=O) groups excluding carboxylic acids is 1. The van der Waals surface area contributed by atoms with Crippen molar-refractivity contribution in [3.8, 4) is 0 Å². The maximum Gasteiger partial charge on any atom is 0.309 e. The molecule has 1 amide bonds. The molecule has 7 heteroatoms. The summed E-state index contributed by atoms with van der Waals surface area (Å²) >= 11 is 0. The van der Waals surface area contributed by atoms with Crippen LogP contribution in [0.3, 0.4) is 0 Å². The van der Waals surface area contributed by atoms with Gasteiger partial charge in [-0.25, -0.2) is 0 Å². The average molecular weight is 284 g/mol. The molecule has 2 aliphatic rings. The van der Waals surface area contributed by atoms with Gasteiger partial charge in [-0.2, -0.15) is 0 Å². The van der Waals surface area contributed by atoms with Gasteiger partial charge in [0.25, 0.3) is 0 Å². The van der Waals surface area contributed by atoms with Gasteiger partial charge >= 0.3 is 11.9 Å². The number of nitrogens with two attached hydrogens (primary N) is 1. The molecule has 112 valence electrons. The number of rotatable bonds is 4. The minimum absolute atomic E-state index is 0.0348. The van der Waals surface area contributed by atoms with E-state index in [0.717, 1.165) is 19.3 Å². The number of hydrogen-bond donors (Lipinski definition) is 3. The van der Waals surface area contributed by atoms with Crippen LogP contribution in [0, 0.1) is 17.3 Å². The Hall–Kier alpha value is -1.63. The Morgan fingerprint density at radius 2 is 1.75 bits per heavy atom. The van der Waals surface area contributed by atoms with Crippen LogP contribution < -0.4 is 5.73 Å². The normalized spacial score (nSPS) is 28.6. The first-order chi connectivity index (χ1) is 9.41. The molecule has 4 N–H and O–H groups in total. The van der Waals surface area contributed by atoms with Crippen LogP contribution in [-0.2, 0) is 14.4 Å². The van der Waals surface area contributed by atoms with Crippen molar-refractivity contribution in [3.63, 3.8) is 0 Å². The van der Waals surface area contributed by atoms with Crippen molar-refractivity contribution in [2.75, 3.05) is 19.6 Å². The molecule has 1 aliphatic carbocycles. The van der Waals surface area contributed by atoms with Gasteiger partial charge in [0, 0.05) is 19.6 Å². The zero-order valence-electron chi connectivity index (χ0n) is 11.2. The van der Waals surface area contributed by atoms with Gasteiger partial charge in [0.1, 0.15) is 0 Å². The van der Waals surface area contributed by atoms with Gasteiger partial charge in [-0.05, 0) is 19.3 Å². The van der Waals surface area contributed by atoms with E-state index in [-0.39, 0.29) is 25.4 Å². The standard InChI is InChI=1S/C13H20N2O5/c14-7-13(3-1-4-13)12(20)15-5-2-8(10(16)17)9(6-15)11(18)19/h8-9H,1-7,14H2,(H,16,17)(H,18,19). The number of likely N-dealkylation sites (tertiary alicyclic amines) is 1. The summed E-state index contributed by atoms with van der Waals surface area (Å²) in [5, 5.41) is 18.2. The summed E-state index contributed by atoms with van der Waals surface area (Å²) in [5.74, 6) is -4.35. The lowest BCUT2D eigenvalue weighted by Gasteiger charge is -2.45. The van der Waals surface area contributed by atoms with Gasteiger partial charge < -0.3 is 20.8 Å². The first kappa shape index (κ1) is 14.8. The molecule has 1 heterocycles. The van der Waals surface area contributed by atoms with E-state index in [1.54, 1.807) is 0 Å². The third-order valence-electron chi connectivity index (χ3n) is 4.69. The molecule has 0 bridgehead atoms. The Morgan fingerprint density at radius 1 is 1.15 bits per heavy atom. The van der Waals surface area contributed by atoms with Gasteiger partial charge in [-0.15, -0.1) is 0 Å². The van der Waals surface area contributed by atoms with E-state index in [1.165, 1.54) is 4.90 Å². The van der Waals surface area contributed by atoms with Crippen molar-refractivity contribution in [2.45, 2.75) is 25.7 Å². The fourth-order valence-corrected chi connectivity index (χ4v) is 3.13. The molecule has 0 aromatic heterocycles. The zero-order chi connectivity index (χ0) is 14.9. The summed E-state index contributed by atoms with van der Waals surface area (Å²) in [6.07, 6.45) is 2.60. The number of carboxylic acid groups (broad SMARTS) is 2. The van der Waals surface area contributed by atoms with E-state index in [4.69, 9.17) is 15.9 Å². The highest BCUT2D eigenvalue weighted by Crippen LogP contribution is 2.42. The smallest absolute Gasteiger partial charge is 0.309 e. The molecule has 0 aromatic rings. The molecular formula is C13H20N2O5. The highest BCUT2D eigenvalue weighted by molar-refractivity contribution is 5.86. The molecule has 0 spiro atoms. The third-order valence-corrected chi connectivity index (χ3v) is 4.69. The SMILES string of the molecule is NCC1(C(=O)N2CCC(C(=O)O)C(C(=O)O)C2)CCC1. The van der Waals surface area contributed by atoms with Crippen LogP contribution >= 0.6 is 0 Å². The second kappa shape index (κ2) is 5.40. The second-order valence-electron chi connectivity index (χ2n) is 5.77. The molecule has 2 unspecified atom stereocenters. The lowest BCUT2D eigenvalue weighted by atomic mass is 9.67. The highest BCUT2D eigenvalue weighted by atomic mass is 16.4. The Balaban J connectivity index is 2.10. The largest absolute Gasteiger partial charge is 0.481 e. The summed E-state index contributed by atoms with van der Waals surface area (Å²) in [4.78, 5) is 36.3. The fraction of sp³-hybridized carbons (Fsp3) is 0.769. The molecule has 2 fully saturated rings. The van der Waals surface area contributed by atoms with Crippen LogP contribution in [0.4, 0.5) is 0 Å². The van der Waals surface area contributed by atoms with Gasteiger partial charge in [-0.1, -0.05) is 6.42 Å². The van der Waals surface area contributed by atoms with Gasteiger partial charge in [0.15, 0.2) is 0 Å². The van der Waals surface area contributed by atoms with Crippen LogP contribution in [0.5, 0.6) is 0 Å². The van der Waals surface area contributed by atoms with Crippen molar-refractivity contribution >= 4 is 17.8 Å². The number of piperidine rings is 1. The summed E-state index contributed by atoms with van der Waals surface area (Å²) in [6, 6.07) is 0.